The molecule has 1 N–H and O–H groups in total. The van der Waals surface area contributed by atoms with Gasteiger partial charge in [0.25, 0.3) is 0 Å². The Labute approximate surface area is 85.7 Å². The Bertz CT molecular complexity index is 316. The topological polar surface area (TPSA) is 24.9 Å². The lowest BCUT2D eigenvalue weighted by Gasteiger charge is -2.14. The fourth-order valence-corrected chi connectivity index (χ4v) is 1.78. The van der Waals surface area contributed by atoms with Gasteiger partial charge in [-0.05, 0) is 43.7 Å². The van der Waals surface area contributed by atoms with Crippen LogP contribution in [0.1, 0.15) is 31.9 Å². The molecule has 0 spiro atoms. The van der Waals surface area contributed by atoms with E-state index in [1.807, 2.05) is 19.2 Å². The molecule has 2 rings (SSSR count). The minimum atomic E-state index is 0.608. The number of hydrogen-bond donors (Lipinski definition) is 1. The molecular weight excluding hydrogens is 172 g/mol. The van der Waals surface area contributed by atoms with Gasteiger partial charge in [0, 0.05) is 24.1 Å². The number of nitrogens with one attached hydrogen (secondary N) is 1. The summed E-state index contributed by atoms with van der Waals surface area (Å²) in [5.74, 6) is 0. The fraction of sp³-hybridized carbons (Fsp3) is 0.583. The van der Waals surface area contributed by atoms with Gasteiger partial charge in [0.15, 0.2) is 0 Å². The molecule has 0 unspecified atom stereocenters. The molecule has 0 amide bonds. The summed E-state index contributed by atoms with van der Waals surface area (Å²) in [6, 6.07) is 4.14. The van der Waals surface area contributed by atoms with Crippen LogP contribution in [0.5, 0.6) is 0 Å². The number of pyridine rings is 1. The summed E-state index contributed by atoms with van der Waals surface area (Å²) < 4.78 is 0. The van der Waals surface area contributed by atoms with Crippen molar-refractivity contribution in [2.45, 2.75) is 33.1 Å². The van der Waals surface area contributed by atoms with E-state index >= 15 is 0 Å². The minimum Gasteiger partial charge on any atom is -0.384 e. The Morgan fingerprint density at radius 2 is 2.29 bits per heavy atom. The van der Waals surface area contributed by atoms with Gasteiger partial charge < -0.3 is 5.32 Å². The average molecular weight is 190 g/mol. The standard InChI is InChI=1S/C12H18N2/c1-3-12(5-6-12)9-14-11-4-7-13-10(2)8-11/h4,7-8H,3,5-6,9H2,1-2H3,(H,13,14). The van der Waals surface area contributed by atoms with Gasteiger partial charge in [-0.2, -0.15) is 0 Å². The van der Waals surface area contributed by atoms with E-state index in [1.165, 1.54) is 24.9 Å². The molecular formula is C12H18N2. The van der Waals surface area contributed by atoms with E-state index in [0.717, 1.165) is 12.2 Å². The summed E-state index contributed by atoms with van der Waals surface area (Å²) in [5.41, 5.74) is 2.89. The first-order valence-electron chi connectivity index (χ1n) is 5.41. The zero-order valence-corrected chi connectivity index (χ0v) is 9.01. The first-order chi connectivity index (χ1) is 6.74. The Balaban J connectivity index is 1.92. The van der Waals surface area contributed by atoms with Crippen LogP contribution in [-0.4, -0.2) is 11.5 Å². The number of aryl methyl sites for hydroxylation is 1. The summed E-state index contributed by atoms with van der Waals surface area (Å²) in [5, 5.41) is 3.50. The predicted octanol–water partition coefficient (Wildman–Crippen LogP) is 2.99. The molecule has 2 nitrogen and oxygen atoms in total. The first kappa shape index (κ1) is 9.50. The van der Waals surface area contributed by atoms with Gasteiger partial charge in [0.1, 0.15) is 0 Å². The number of nitrogens with zero attached hydrogens (tertiary/aromatic N) is 1. The zero-order valence-electron chi connectivity index (χ0n) is 9.01. The van der Waals surface area contributed by atoms with Gasteiger partial charge in [-0.3, -0.25) is 4.98 Å². The van der Waals surface area contributed by atoms with Crippen molar-refractivity contribution in [1.82, 2.24) is 4.98 Å². The van der Waals surface area contributed by atoms with Gasteiger partial charge in [-0.15, -0.1) is 0 Å². The van der Waals surface area contributed by atoms with Crippen LogP contribution in [0.25, 0.3) is 0 Å². The second-order valence-corrected chi connectivity index (χ2v) is 4.39. The summed E-state index contributed by atoms with van der Waals surface area (Å²) in [6.07, 6.45) is 5.94. The number of aromatic nitrogens is 1. The van der Waals surface area contributed by atoms with E-state index in [-0.39, 0.29) is 0 Å². The molecule has 0 aliphatic heterocycles. The summed E-state index contributed by atoms with van der Waals surface area (Å²) in [7, 11) is 0. The third-order valence-corrected chi connectivity index (χ3v) is 3.27. The second-order valence-electron chi connectivity index (χ2n) is 4.39. The van der Waals surface area contributed by atoms with Crippen molar-refractivity contribution in [2.75, 3.05) is 11.9 Å². The van der Waals surface area contributed by atoms with Crippen molar-refractivity contribution in [3.8, 4) is 0 Å². The highest BCUT2D eigenvalue weighted by Gasteiger charge is 2.40. The molecule has 1 saturated carbocycles. The summed E-state index contributed by atoms with van der Waals surface area (Å²) >= 11 is 0. The Morgan fingerprint density at radius 1 is 1.50 bits per heavy atom. The Hall–Kier alpha value is -1.05. The van der Waals surface area contributed by atoms with Gasteiger partial charge in [-0.1, -0.05) is 6.92 Å². The number of rotatable bonds is 4. The van der Waals surface area contributed by atoms with Crippen molar-refractivity contribution in [3.05, 3.63) is 24.0 Å². The van der Waals surface area contributed by atoms with Gasteiger partial charge in [-0.25, -0.2) is 0 Å². The molecule has 0 aromatic carbocycles. The third kappa shape index (κ3) is 2.06. The molecule has 1 aromatic heterocycles. The summed E-state index contributed by atoms with van der Waals surface area (Å²) in [6.45, 7) is 5.43. The Morgan fingerprint density at radius 3 is 2.86 bits per heavy atom. The molecule has 1 heterocycles. The van der Waals surface area contributed by atoms with Crippen LogP contribution in [0.4, 0.5) is 5.69 Å². The lowest BCUT2D eigenvalue weighted by molar-refractivity contribution is 0.521. The van der Waals surface area contributed by atoms with E-state index in [1.54, 1.807) is 0 Å². The van der Waals surface area contributed by atoms with Gasteiger partial charge in [0.2, 0.25) is 0 Å². The minimum absolute atomic E-state index is 0.608. The van der Waals surface area contributed by atoms with Crippen molar-refractivity contribution in [3.63, 3.8) is 0 Å². The maximum absolute atomic E-state index is 4.18. The van der Waals surface area contributed by atoms with Crippen molar-refractivity contribution in [1.29, 1.82) is 0 Å². The van der Waals surface area contributed by atoms with E-state index < -0.39 is 0 Å². The quantitative estimate of drug-likeness (QED) is 0.789. The molecule has 14 heavy (non-hydrogen) atoms. The van der Waals surface area contributed by atoms with E-state index in [9.17, 15) is 0 Å². The number of hydrogen-bond acceptors (Lipinski definition) is 2. The maximum atomic E-state index is 4.18. The van der Waals surface area contributed by atoms with Crippen molar-refractivity contribution in [2.24, 2.45) is 5.41 Å². The SMILES string of the molecule is CCC1(CNc2ccnc(C)c2)CC1. The van der Waals surface area contributed by atoms with Gasteiger partial charge >= 0.3 is 0 Å². The van der Waals surface area contributed by atoms with Crippen molar-refractivity contribution < 1.29 is 0 Å². The molecule has 1 aliphatic rings. The van der Waals surface area contributed by atoms with Gasteiger partial charge in [0.05, 0.1) is 0 Å². The van der Waals surface area contributed by atoms with Crippen LogP contribution in [0, 0.1) is 12.3 Å². The van der Waals surface area contributed by atoms with Crippen LogP contribution in [0.2, 0.25) is 0 Å². The average Bonchev–Trinajstić information content (AvgIpc) is 2.96. The molecule has 2 heteroatoms. The molecule has 1 aromatic rings. The molecule has 0 bridgehead atoms. The second kappa shape index (κ2) is 3.60. The van der Waals surface area contributed by atoms with Crippen LogP contribution in [0.3, 0.4) is 0 Å². The fourth-order valence-electron chi connectivity index (χ4n) is 1.78. The van der Waals surface area contributed by atoms with E-state index in [4.69, 9.17) is 0 Å². The summed E-state index contributed by atoms with van der Waals surface area (Å²) in [4.78, 5) is 4.18. The van der Waals surface area contributed by atoms with Crippen LogP contribution < -0.4 is 5.32 Å². The highest BCUT2D eigenvalue weighted by molar-refractivity contribution is 5.43. The predicted molar refractivity (Wildman–Crippen MR) is 59.4 cm³/mol. The van der Waals surface area contributed by atoms with E-state index in [0.29, 0.717) is 5.41 Å². The van der Waals surface area contributed by atoms with Crippen LogP contribution in [0.15, 0.2) is 18.3 Å². The monoisotopic (exact) mass is 190 g/mol. The molecule has 1 aliphatic carbocycles. The van der Waals surface area contributed by atoms with Crippen molar-refractivity contribution >= 4 is 5.69 Å². The van der Waals surface area contributed by atoms with Crippen LogP contribution >= 0.6 is 0 Å². The Kier molecular flexibility index (Phi) is 2.44. The normalized spacial score (nSPS) is 17.9. The number of anilines is 1. The molecule has 76 valence electrons. The maximum Gasteiger partial charge on any atom is 0.0393 e. The largest absolute Gasteiger partial charge is 0.384 e. The molecule has 0 radical (unpaired) electrons. The highest BCUT2D eigenvalue weighted by atomic mass is 14.9. The third-order valence-electron chi connectivity index (χ3n) is 3.27. The zero-order chi connectivity index (χ0) is 10.0. The molecule has 1 fully saturated rings. The van der Waals surface area contributed by atoms with E-state index in [2.05, 4.69) is 23.3 Å². The lowest BCUT2D eigenvalue weighted by atomic mass is 10.0. The lowest BCUT2D eigenvalue weighted by Crippen LogP contribution is -2.14. The molecule has 0 atom stereocenters. The van der Waals surface area contributed by atoms with Crippen LogP contribution in [-0.2, 0) is 0 Å². The first-order valence-corrected chi connectivity index (χ1v) is 5.41. The smallest absolute Gasteiger partial charge is 0.0393 e. The molecule has 0 saturated heterocycles. The highest BCUT2D eigenvalue weighted by Crippen LogP contribution is 2.48.